The first-order chi connectivity index (χ1) is 12.5. The number of nitrogens with one attached hydrogen (secondary N) is 1. The molecule has 0 spiro atoms. The van der Waals surface area contributed by atoms with Gasteiger partial charge in [-0.1, -0.05) is 18.2 Å². The Labute approximate surface area is 153 Å². The van der Waals surface area contributed by atoms with Gasteiger partial charge in [-0.25, -0.2) is 13.2 Å². The number of methoxy groups -OCH3 is 1. The molecule has 0 aromatic heterocycles. The van der Waals surface area contributed by atoms with Crippen LogP contribution >= 0.6 is 0 Å². The van der Waals surface area contributed by atoms with Gasteiger partial charge in [0.2, 0.25) is 0 Å². The number of carbonyl (C=O) groups excluding carboxylic acids is 1. The van der Waals surface area contributed by atoms with E-state index in [9.17, 15) is 13.2 Å². The Morgan fingerprint density at radius 1 is 1.15 bits per heavy atom. The number of amides is 2. The number of ether oxygens (including phenoxy) is 1. The Morgan fingerprint density at radius 3 is 2.50 bits per heavy atom. The predicted molar refractivity (Wildman–Crippen MR) is 100 cm³/mol. The van der Waals surface area contributed by atoms with Gasteiger partial charge in [0.05, 0.1) is 17.8 Å². The molecular weight excluding hydrogens is 352 g/mol. The zero-order chi connectivity index (χ0) is 18.6. The molecule has 1 saturated heterocycles. The van der Waals surface area contributed by atoms with Crippen LogP contribution in [0.4, 0.5) is 10.5 Å². The summed E-state index contributed by atoms with van der Waals surface area (Å²) < 4.78 is 30.3. The number of benzene rings is 2. The highest BCUT2D eigenvalue weighted by molar-refractivity contribution is 7.91. The van der Waals surface area contributed by atoms with Crippen molar-refractivity contribution in [3.05, 3.63) is 54.6 Å². The summed E-state index contributed by atoms with van der Waals surface area (Å²) in [6.07, 6.45) is 1.48. The van der Waals surface area contributed by atoms with Gasteiger partial charge in [-0.2, -0.15) is 0 Å². The number of likely N-dealkylation sites (tertiary alicyclic amines) is 1. The number of carbonyl (C=O) groups is 1. The molecule has 1 N–H and O–H groups in total. The molecule has 2 aromatic carbocycles. The van der Waals surface area contributed by atoms with Crippen LogP contribution in [0.15, 0.2) is 59.5 Å². The van der Waals surface area contributed by atoms with Crippen LogP contribution in [0, 0.1) is 0 Å². The van der Waals surface area contributed by atoms with Gasteiger partial charge in [0.15, 0.2) is 9.84 Å². The molecule has 1 heterocycles. The zero-order valence-electron chi connectivity index (χ0n) is 14.6. The van der Waals surface area contributed by atoms with Crippen LogP contribution in [0.1, 0.15) is 12.8 Å². The number of nitrogens with zero attached hydrogens (tertiary/aromatic N) is 1. The third-order valence-electron chi connectivity index (χ3n) is 4.49. The number of hydrogen-bond acceptors (Lipinski definition) is 4. The van der Waals surface area contributed by atoms with E-state index in [1.54, 1.807) is 66.6 Å². The number of sulfone groups is 1. The highest BCUT2D eigenvalue weighted by Gasteiger charge is 2.33. The highest BCUT2D eigenvalue weighted by atomic mass is 32.2. The third kappa shape index (κ3) is 4.16. The average molecular weight is 374 g/mol. The van der Waals surface area contributed by atoms with E-state index in [2.05, 4.69) is 5.32 Å². The monoisotopic (exact) mass is 374 g/mol. The van der Waals surface area contributed by atoms with E-state index in [4.69, 9.17) is 4.74 Å². The van der Waals surface area contributed by atoms with Crippen LogP contribution in [-0.2, 0) is 9.84 Å². The molecule has 1 atom stereocenters. The summed E-state index contributed by atoms with van der Waals surface area (Å²) in [6.45, 7) is 0.553. The van der Waals surface area contributed by atoms with Crippen molar-refractivity contribution < 1.29 is 17.9 Å². The van der Waals surface area contributed by atoms with Crippen molar-refractivity contribution >= 4 is 21.6 Å². The largest absolute Gasteiger partial charge is 0.497 e. The SMILES string of the molecule is COc1ccc(NC(=O)N2CCCC2CS(=O)(=O)c2ccccc2)cc1. The molecule has 138 valence electrons. The summed E-state index contributed by atoms with van der Waals surface area (Å²) in [6, 6.07) is 14.8. The van der Waals surface area contributed by atoms with E-state index in [0.717, 1.165) is 6.42 Å². The molecule has 2 amide bonds. The minimum absolute atomic E-state index is 0.0625. The molecule has 1 fully saturated rings. The normalized spacial score (nSPS) is 17.1. The van der Waals surface area contributed by atoms with Gasteiger partial charge in [0.1, 0.15) is 5.75 Å². The fraction of sp³-hybridized carbons (Fsp3) is 0.316. The Morgan fingerprint density at radius 2 is 1.85 bits per heavy atom. The van der Waals surface area contributed by atoms with Crippen molar-refractivity contribution in [2.75, 3.05) is 24.7 Å². The van der Waals surface area contributed by atoms with Crippen molar-refractivity contribution in [3.8, 4) is 5.75 Å². The molecule has 26 heavy (non-hydrogen) atoms. The van der Waals surface area contributed by atoms with Crippen LogP contribution in [0.25, 0.3) is 0 Å². The van der Waals surface area contributed by atoms with Crippen molar-refractivity contribution in [3.63, 3.8) is 0 Å². The Kier molecular flexibility index (Phi) is 5.46. The number of rotatable bonds is 5. The lowest BCUT2D eigenvalue weighted by atomic mass is 10.2. The standard InChI is InChI=1S/C19H22N2O4S/c1-25-17-11-9-15(10-12-17)20-19(22)21-13-5-6-16(21)14-26(23,24)18-7-3-2-4-8-18/h2-4,7-12,16H,5-6,13-14H2,1H3,(H,20,22). The van der Waals surface area contributed by atoms with Gasteiger partial charge >= 0.3 is 6.03 Å². The molecule has 6 nitrogen and oxygen atoms in total. The Balaban J connectivity index is 1.68. The molecule has 0 bridgehead atoms. The molecule has 3 rings (SSSR count). The van der Waals surface area contributed by atoms with E-state index in [-0.39, 0.29) is 17.8 Å². The lowest BCUT2D eigenvalue weighted by Gasteiger charge is -2.25. The quantitative estimate of drug-likeness (QED) is 0.872. The molecule has 0 saturated carbocycles. The van der Waals surface area contributed by atoms with Crippen LogP contribution < -0.4 is 10.1 Å². The average Bonchev–Trinajstić information content (AvgIpc) is 3.10. The second kappa shape index (κ2) is 7.78. The second-order valence-corrected chi connectivity index (χ2v) is 8.28. The summed E-state index contributed by atoms with van der Waals surface area (Å²) in [5, 5.41) is 2.83. The molecule has 0 radical (unpaired) electrons. The van der Waals surface area contributed by atoms with Gasteiger partial charge in [-0.3, -0.25) is 0 Å². The lowest BCUT2D eigenvalue weighted by molar-refractivity contribution is 0.210. The smallest absolute Gasteiger partial charge is 0.322 e. The summed E-state index contributed by atoms with van der Waals surface area (Å²) in [7, 11) is -1.85. The van der Waals surface area contributed by atoms with Crippen molar-refractivity contribution in [1.82, 2.24) is 4.90 Å². The maximum absolute atomic E-state index is 12.6. The molecule has 7 heteroatoms. The van der Waals surface area contributed by atoms with Crippen molar-refractivity contribution in [2.45, 2.75) is 23.8 Å². The van der Waals surface area contributed by atoms with Crippen LogP contribution in [0.2, 0.25) is 0 Å². The van der Waals surface area contributed by atoms with Crippen LogP contribution in [0.5, 0.6) is 5.75 Å². The summed E-state index contributed by atoms with van der Waals surface area (Å²) >= 11 is 0. The predicted octanol–water partition coefficient (Wildman–Crippen LogP) is 3.17. The second-order valence-electron chi connectivity index (χ2n) is 6.24. The first-order valence-corrected chi connectivity index (χ1v) is 10.1. The molecule has 2 aromatic rings. The third-order valence-corrected chi connectivity index (χ3v) is 6.31. The van der Waals surface area contributed by atoms with Gasteiger partial charge < -0.3 is 15.0 Å². The maximum Gasteiger partial charge on any atom is 0.322 e. The number of urea groups is 1. The number of hydrogen-bond donors (Lipinski definition) is 1. The van der Waals surface area contributed by atoms with Gasteiger partial charge in [0.25, 0.3) is 0 Å². The van der Waals surface area contributed by atoms with Crippen molar-refractivity contribution in [1.29, 1.82) is 0 Å². The molecule has 1 aliphatic heterocycles. The van der Waals surface area contributed by atoms with E-state index < -0.39 is 9.84 Å². The Hall–Kier alpha value is -2.54. The van der Waals surface area contributed by atoms with Crippen LogP contribution in [-0.4, -0.2) is 44.8 Å². The first kappa shape index (κ1) is 18.3. The molecular formula is C19H22N2O4S. The van der Waals surface area contributed by atoms with E-state index in [1.165, 1.54) is 0 Å². The summed E-state index contributed by atoms with van der Waals surface area (Å²) in [5.41, 5.74) is 0.646. The van der Waals surface area contributed by atoms with Crippen molar-refractivity contribution in [2.24, 2.45) is 0 Å². The topological polar surface area (TPSA) is 75.7 Å². The first-order valence-electron chi connectivity index (χ1n) is 8.49. The fourth-order valence-corrected chi connectivity index (χ4v) is 4.74. The molecule has 1 unspecified atom stereocenters. The minimum atomic E-state index is -3.43. The van der Waals surface area contributed by atoms with E-state index in [0.29, 0.717) is 29.3 Å². The van der Waals surface area contributed by atoms with Gasteiger partial charge in [-0.15, -0.1) is 0 Å². The van der Waals surface area contributed by atoms with E-state index in [1.807, 2.05) is 0 Å². The zero-order valence-corrected chi connectivity index (χ0v) is 15.4. The summed E-state index contributed by atoms with van der Waals surface area (Å²) in [4.78, 5) is 14.5. The summed E-state index contributed by atoms with van der Waals surface area (Å²) in [5.74, 6) is 0.642. The van der Waals surface area contributed by atoms with Crippen LogP contribution in [0.3, 0.4) is 0 Å². The fourth-order valence-electron chi connectivity index (χ4n) is 3.12. The van der Waals surface area contributed by atoms with Gasteiger partial charge in [0, 0.05) is 18.3 Å². The van der Waals surface area contributed by atoms with Gasteiger partial charge in [-0.05, 0) is 49.2 Å². The molecule has 1 aliphatic rings. The minimum Gasteiger partial charge on any atom is -0.497 e. The van der Waals surface area contributed by atoms with E-state index >= 15 is 0 Å². The maximum atomic E-state index is 12.6. The highest BCUT2D eigenvalue weighted by Crippen LogP contribution is 2.23. The number of anilines is 1. The molecule has 0 aliphatic carbocycles. The Bertz CT molecular complexity index is 851. The lowest BCUT2D eigenvalue weighted by Crippen LogP contribution is -2.42.